The largest absolute Gasteiger partial charge is 0.435 e. The summed E-state index contributed by atoms with van der Waals surface area (Å²) in [5.41, 5.74) is -3.71. The Balaban J connectivity index is 1.67. The number of hydrogen-bond donors (Lipinski definition) is 1. The van der Waals surface area contributed by atoms with Crippen molar-refractivity contribution < 1.29 is 30.7 Å². The van der Waals surface area contributed by atoms with Crippen LogP contribution in [0.2, 0.25) is 0 Å². The first-order valence-electron chi connectivity index (χ1n) is 9.91. The van der Waals surface area contributed by atoms with Gasteiger partial charge in [0.25, 0.3) is 0 Å². The summed E-state index contributed by atoms with van der Waals surface area (Å²) in [5, 5.41) is 3.22. The van der Waals surface area contributed by atoms with Gasteiger partial charge < -0.3 is 5.32 Å². The van der Waals surface area contributed by atoms with Crippen LogP contribution in [0.5, 0.6) is 0 Å². The standard InChI is InChI=1S/C22H20F7NS/c23-20(21(24,25)26,22(27,28)29)17-7-5-16(6-8-17)19(10-11-30-13-19)31-18-9-4-14-2-1-3-15(14)12-18/h4-9,12,30H,1-3,10-11,13H2. The van der Waals surface area contributed by atoms with E-state index in [1.54, 1.807) is 11.8 Å². The molecule has 0 saturated carbocycles. The van der Waals surface area contributed by atoms with Crippen LogP contribution in [0.1, 0.15) is 35.1 Å². The predicted molar refractivity (Wildman–Crippen MR) is 105 cm³/mol. The number of thioether (sulfide) groups is 1. The summed E-state index contributed by atoms with van der Waals surface area (Å²) in [6.07, 6.45) is -8.44. The van der Waals surface area contributed by atoms with E-state index in [2.05, 4.69) is 17.4 Å². The summed E-state index contributed by atoms with van der Waals surface area (Å²) in [4.78, 5) is 0.999. The van der Waals surface area contributed by atoms with Crippen LogP contribution in [-0.2, 0) is 23.3 Å². The summed E-state index contributed by atoms with van der Waals surface area (Å²) >= 11 is 1.54. The molecule has 2 aliphatic rings. The SMILES string of the molecule is FC(F)(F)C(F)(c1ccc(C2(Sc3ccc4c(c3)CCC4)CCNC2)cc1)C(F)(F)F. The Bertz CT molecular complexity index is 930. The Labute approximate surface area is 179 Å². The number of fused-ring (bicyclic) bond motifs is 1. The minimum Gasteiger partial charge on any atom is -0.315 e. The molecule has 0 amide bonds. The molecule has 2 aromatic rings. The molecule has 1 aliphatic carbocycles. The molecule has 0 aromatic heterocycles. The van der Waals surface area contributed by atoms with E-state index in [4.69, 9.17) is 0 Å². The first-order valence-corrected chi connectivity index (χ1v) is 10.7. The molecule has 1 aliphatic heterocycles. The van der Waals surface area contributed by atoms with Gasteiger partial charge in [-0.2, -0.15) is 26.3 Å². The average Bonchev–Trinajstić information content (AvgIpc) is 3.35. The van der Waals surface area contributed by atoms with Gasteiger partial charge in [0.1, 0.15) is 0 Å². The Morgan fingerprint density at radius 1 is 0.806 bits per heavy atom. The van der Waals surface area contributed by atoms with Gasteiger partial charge in [-0.05, 0) is 61.1 Å². The van der Waals surface area contributed by atoms with Gasteiger partial charge in [-0.3, -0.25) is 0 Å². The molecule has 2 aromatic carbocycles. The Morgan fingerprint density at radius 2 is 1.45 bits per heavy atom. The quantitative estimate of drug-likeness (QED) is 0.524. The van der Waals surface area contributed by atoms with Gasteiger partial charge in [0.2, 0.25) is 0 Å². The fraction of sp³-hybridized carbons (Fsp3) is 0.455. The topological polar surface area (TPSA) is 12.0 Å². The summed E-state index contributed by atoms with van der Waals surface area (Å²) < 4.78 is 92.1. The molecular weight excluding hydrogens is 443 g/mol. The molecule has 1 nitrogen and oxygen atoms in total. The zero-order valence-electron chi connectivity index (χ0n) is 16.3. The third kappa shape index (κ3) is 3.84. The molecule has 1 N–H and O–H groups in total. The van der Waals surface area contributed by atoms with Crippen LogP contribution in [0, 0.1) is 0 Å². The van der Waals surface area contributed by atoms with Crippen LogP contribution in [0.25, 0.3) is 0 Å². The predicted octanol–water partition coefficient (Wildman–Crippen LogP) is 6.45. The number of hydrogen-bond acceptors (Lipinski definition) is 2. The van der Waals surface area contributed by atoms with Gasteiger partial charge in [-0.25, -0.2) is 4.39 Å². The Kier molecular flexibility index (Phi) is 5.57. The second kappa shape index (κ2) is 7.69. The van der Waals surface area contributed by atoms with Crippen LogP contribution in [-0.4, -0.2) is 25.4 Å². The number of halogens is 7. The molecule has 0 bridgehead atoms. The fourth-order valence-electron chi connectivity index (χ4n) is 4.39. The molecule has 0 radical (unpaired) electrons. The Morgan fingerprint density at radius 3 is 2.03 bits per heavy atom. The van der Waals surface area contributed by atoms with Crippen molar-refractivity contribution in [2.75, 3.05) is 13.1 Å². The van der Waals surface area contributed by atoms with Gasteiger partial charge >= 0.3 is 18.0 Å². The van der Waals surface area contributed by atoms with Crippen LogP contribution < -0.4 is 5.32 Å². The molecule has 1 heterocycles. The van der Waals surface area contributed by atoms with Crippen molar-refractivity contribution >= 4 is 11.8 Å². The molecule has 0 spiro atoms. The lowest BCUT2D eigenvalue weighted by Crippen LogP contribution is -2.50. The van der Waals surface area contributed by atoms with Gasteiger partial charge in [0.05, 0.1) is 4.75 Å². The van der Waals surface area contributed by atoms with Crippen molar-refractivity contribution in [3.05, 3.63) is 64.7 Å². The van der Waals surface area contributed by atoms with Gasteiger partial charge in [-0.15, -0.1) is 11.8 Å². The number of alkyl halides is 7. The third-order valence-corrected chi connectivity index (χ3v) is 7.55. The fourth-order valence-corrected chi connectivity index (χ4v) is 5.81. The molecule has 1 atom stereocenters. The second-order valence-corrected chi connectivity index (χ2v) is 9.50. The number of rotatable bonds is 4. The number of aryl methyl sites for hydroxylation is 2. The second-order valence-electron chi connectivity index (χ2n) is 8.04. The maximum absolute atomic E-state index is 14.3. The highest BCUT2D eigenvalue weighted by Crippen LogP contribution is 2.54. The van der Waals surface area contributed by atoms with Crippen LogP contribution in [0.4, 0.5) is 30.7 Å². The maximum atomic E-state index is 14.3. The van der Waals surface area contributed by atoms with Gasteiger partial charge in [-0.1, -0.05) is 30.3 Å². The van der Waals surface area contributed by atoms with Gasteiger partial charge in [0, 0.05) is 17.0 Å². The van der Waals surface area contributed by atoms with Crippen molar-refractivity contribution in [1.29, 1.82) is 0 Å². The summed E-state index contributed by atoms with van der Waals surface area (Å²) in [7, 11) is 0. The van der Waals surface area contributed by atoms with E-state index in [0.717, 1.165) is 24.2 Å². The van der Waals surface area contributed by atoms with Crippen LogP contribution in [0.15, 0.2) is 47.4 Å². The van der Waals surface area contributed by atoms with E-state index in [-0.39, 0.29) is 0 Å². The molecule has 168 valence electrons. The lowest BCUT2D eigenvalue weighted by molar-refractivity contribution is -0.348. The summed E-state index contributed by atoms with van der Waals surface area (Å²) in [5.74, 6) is 0. The monoisotopic (exact) mass is 463 g/mol. The van der Waals surface area contributed by atoms with E-state index >= 15 is 0 Å². The van der Waals surface area contributed by atoms with Crippen molar-refractivity contribution in [3.8, 4) is 0 Å². The van der Waals surface area contributed by atoms with Crippen LogP contribution in [0.3, 0.4) is 0 Å². The van der Waals surface area contributed by atoms with E-state index in [1.807, 2.05) is 6.07 Å². The smallest absolute Gasteiger partial charge is 0.315 e. The van der Waals surface area contributed by atoms with Crippen molar-refractivity contribution in [3.63, 3.8) is 0 Å². The first kappa shape index (κ1) is 22.5. The van der Waals surface area contributed by atoms with Gasteiger partial charge in [0.15, 0.2) is 0 Å². The number of benzene rings is 2. The summed E-state index contributed by atoms with van der Waals surface area (Å²) in [6, 6.07) is 9.79. The highest BCUT2D eigenvalue weighted by atomic mass is 32.2. The summed E-state index contributed by atoms with van der Waals surface area (Å²) in [6.45, 7) is 1.17. The Hall–Kier alpha value is -1.74. The van der Waals surface area contributed by atoms with Crippen molar-refractivity contribution in [1.82, 2.24) is 5.32 Å². The highest BCUT2D eigenvalue weighted by molar-refractivity contribution is 8.00. The highest BCUT2D eigenvalue weighted by Gasteiger charge is 2.73. The molecule has 31 heavy (non-hydrogen) atoms. The minimum absolute atomic E-state index is 0.507. The molecule has 1 fully saturated rings. The zero-order valence-corrected chi connectivity index (χ0v) is 17.2. The lowest BCUT2D eigenvalue weighted by Gasteiger charge is -2.32. The third-order valence-electron chi connectivity index (χ3n) is 6.09. The van der Waals surface area contributed by atoms with E-state index in [9.17, 15) is 30.7 Å². The van der Waals surface area contributed by atoms with Crippen LogP contribution >= 0.6 is 11.8 Å². The molecule has 1 unspecified atom stereocenters. The minimum atomic E-state index is -6.11. The van der Waals surface area contributed by atoms with E-state index in [1.165, 1.54) is 23.3 Å². The molecule has 9 heteroatoms. The van der Waals surface area contributed by atoms with E-state index < -0.39 is 28.3 Å². The first-order chi connectivity index (χ1) is 14.5. The lowest BCUT2D eigenvalue weighted by atomic mass is 9.90. The van der Waals surface area contributed by atoms with E-state index in [0.29, 0.717) is 37.2 Å². The normalized spacial score (nSPS) is 22.0. The maximum Gasteiger partial charge on any atom is 0.435 e. The molecular formula is C22H20F7NS. The molecule has 1 saturated heterocycles. The zero-order chi connectivity index (χ0) is 22.5. The van der Waals surface area contributed by atoms with Crippen molar-refractivity contribution in [2.45, 2.75) is 53.3 Å². The average molecular weight is 463 g/mol. The number of nitrogens with one attached hydrogen (secondary N) is 1. The molecule has 4 rings (SSSR count). The van der Waals surface area contributed by atoms with Crippen molar-refractivity contribution in [2.24, 2.45) is 0 Å².